The summed E-state index contributed by atoms with van der Waals surface area (Å²) in [5.41, 5.74) is 2.16. The molecule has 0 spiro atoms. The van der Waals surface area contributed by atoms with Crippen molar-refractivity contribution in [1.82, 2.24) is 14.7 Å². The van der Waals surface area contributed by atoms with Crippen molar-refractivity contribution in [3.8, 4) is 5.69 Å². The van der Waals surface area contributed by atoms with Crippen LogP contribution in [-0.4, -0.2) is 33.7 Å². The standard InChI is InChI=1S/C20H21FN4O/c1-15(20(26)23-19-11-7-6-10-18(19)21)24(2)13-16-12-22-25(14-16)17-8-4-3-5-9-17/h3-12,14-15H,13H2,1-2H3,(H,23,26). The monoisotopic (exact) mass is 352 g/mol. The number of anilines is 1. The Morgan fingerprint density at radius 3 is 2.62 bits per heavy atom. The molecule has 0 aliphatic carbocycles. The van der Waals surface area contributed by atoms with E-state index in [9.17, 15) is 9.18 Å². The Bertz CT molecular complexity index is 878. The number of amides is 1. The number of halogens is 1. The van der Waals surface area contributed by atoms with Crippen LogP contribution in [0.1, 0.15) is 12.5 Å². The molecule has 1 N–H and O–H groups in total. The van der Waals surface area contributed by atoms with Gasteiger partial charge < -0.3 is 5.32 Å². The predicted octanol–water partition coefficient (Wildman–Crippen LogP) is 3.47. The molecule has 0 aliphatic rings. The van der Waals surface area contributed by atoms with Crippen molar-refractivity contribution >= 4 is 11.6 Å². The van der Waals surface area contributed by atoms with Crippen LogP contribution >= 0.6 is 0 Å². The zero-order chi connectivity index (χ0) is 18.5. The second kappa shape index (κ2) is 7.93. The van der Waals surface area contributed by atoms with Gasteiger partial charge in [-0.25, -0.2) is 9.07 Å². The van der Waals surface area contributed by atoms with Gasteiger partial charge in [0, 0.05) is 18.3 Å². The van der Waals surface area contributed by atoms with Gasteiger partial charge >= 0.3 is 0 Å². The van der Waals surface area contributed by atoms with E-state index in [1.807, 2.05) is 48.5 Å². The smallest absolute Gasteiger partial charge is 0.241 e. The topological polar surface area (TPSA) is 50.2 Å². The van der Waals surface area contributed by atoms with Crippen LogP contribution in [0.25, 0.3) is 5.69 Å². The van der Waals surface area contributed by atoms with Gasteiger partial charge in [-0.1, -0.05) is 30.3 Å². The number of hydrogen-bond acceptors (Lipinski definition) is 3. The van der Waals surface area contributed by atoms with E-state index in [1.165, 1.54) is 6.07 Å². The average Bonchev–Trinajstić information content (AvgIpc) is 3.12. The van der Waals surface area contributed by atoms with Gasteiger partial charge in [0.1, 0.15) is 5.82 Å². The second-order valence-corrected chi connectivity index (χ2v) is 6.19. The molecule has 0 fully saturated rings. The summed E-state index contributed by atoms with van der Waals surface area (Å²) in [5.74, 6) is -0.701. The predicted molar refractivity (Wildman–Crippen MR) is 99.5 cm³/mol. The summed E-state index contributed by atoms with van der Waals surface area (Å²) in [7, 11) is 1.85. The van der Waals surface area contributed by atoms with Gasteiger partial charge in [0.15, 0.2) is 0 Å². The maximum atomic E-state index is 13.7. The van der Waals surface area contributed by atoms with Gasteiger partial charge in [-0.3, -0.25) is 9.69 Å². The molecule has 1 unspecified atom stereocenters. The number of hydrogen-bond donors (Lipinski definition) is 1. The van der Waals surface area contributed by atoms with Crippen molar-refractivity contribution in [2.45, 2.75) is 19.5 Å². The highest BCUT2D eigenvalue weighted by atomic mass is 19.1. The third kappa shape index (κ3) is 4.15. The van der Waals surface area contributed by atoms with E-state index >= 15 is 0 Å². The number of para-hydroxylation sites is 2. The number of rotatable bonds is 6. The second-order valence-electron chi connectivity index (χ2n) is 6.19. The number of benzene rings is 2. The van der Waals surface area contributed by atoms with Crippen molar-refractivity contribution < 1.29 is 9.18 Å². The fourth-order valence-electron chi connectivity index (χ4n) is 2.59. The van der Waals surface area contributed by atoms with Crippen LogP contribution in [0.4, 0.5) is 10.1 Å². The number of carbonyl (C=O) groups excluding carboxylic acids is 1. The summed E-state index contributed by atoms with van der Waals surface area (Å²) < 4.78 is 15.5. The molecule has 3 rings (SSSR count). The summed E-state index contributed by atoms with van der Waals surface area (Å²) >= 11 is 0. The lowest BCUT2D eigenvalue weighted by Crippen LogP contribution is -2.39. The van der Waals surface area contributed by atoms with Gasteiger partial charge in [-0.15, -0.1) is 0 Å². The first kappa shape index (κ1) is 17.8. The van der Waals surface area contributed by atoms with Crippen LogP contribution in [-0.2, 0) is 11.3 Å². The van der Waals surface area contributed by atoms with Crippen molar-refractivity contribution in [1.29, 1.82) is 0 Å². The Balaban J connectivity index is 1.62. The van der Waals surface area contributed by atoms with E-state index in [4.69, 9.17) is 0 Å². The van der Waals surface area contributed by atoms with E-state index in [0.29, 0.717) is 6.54 Å². The third-order valence-electron chi connectivity index (χ3n) is 4.26. The number of aromatic nitrogens is 2. The molecule has 1 heterocycles. The van der Waals surface area contributed by atoms with Crippen molar-refractivity contribution in [3.63, 3.8) is 0 Å². The van der Waals surface area contributed by atoms with Gasteiger partial charge in [0.05, 0.1) is 23.6 Å². The van der Waals surface area contributed by atoms with Gasteiger partial charge in [0.25, 0.3) is 0 Å². The Morgan fingerprint density at radius 2 is 1.88 bits per heavy atom. The summed E-state index contributed by atoms with van der Waals surface area (Å²) in [4.78, 5) is 14.3. The fraction of sp³-hybridized carbons (Fsp3) is 0.200. The number of nitrogens with one attached hydrogen (secondary N) is 1. The molecular formula is C20H21FN4O. The lowest BCUT2D eigenvalue weighted by atomic mass is 10.2. The largest absolute Gasteiger partial charge is 0.322 e. The normalized spacial score (nSPS) is 12.2. The maximum Gasteiger partial charge on any atom is 0.241 e. The Hall–Kier alpha value is -2.99. The molecule has 1 aromatic heterocycles. The molecular weight excluding hydrogens is 331 g/mol. The molecule has 0 radical (unpaired) electrons. The number of nitrogens with zero attached hydrogens (tertiary/aromatic N) is 3. The molecule has 26 heavy (non-hydrogen) atoms. The SMILES string of the molecule is CC(C(=O)Nc1ccccc1F)N(C)Cc1cnn(-c2ccccc2)c1. The third-order valence-corrected chi connectivity index (χ3v) is 4.26. The first-order valence-corrected chi connectivity index (χ1v) is 8.39. The first-order valence-electron chi connectivity index (χ1n) is 8.39. The van der Waals surface area contributed by atoms with Crippen molar-refractivity contribution in [3.05, 3.63) is 78.4 Å². The van der Waals surface area contributed by atoms with E-state index in [0.717, 1.165) is 11.3 Å². The van der Waals surface area contributed by atoms with Crippen molar-refractivity contribution in [2.24, 2.45) is 0 Å². The molecule has 6 heteroatoms. The molecule has 0 aliphatic heterocycles. The molecule has 134 valence electrons. The minimum Gasteiger partial charge on any atom is -0.322 e. The molecule has 0 saturated carbocycles. The maximum absolute atomic E-state index is 13.7. The van der Waals surface area contributed by atoms with Gasteiger partial charge in [0.2, 0.25) is 5.91 Å². The fourth-order valence-corrected chi connectivity index (χ4v) is 2.59. The van der Waals surface area contributed by atoms with Crippen LogP contribution in [0.15, 0.2) is 67.0 Å². The molecule has 3 aromatic rings. The Morgan fingerprint density at radius 1 is 1.19 bits per heavy atom. The number of likely N-dealkylation sites (N-methyl/N-ethyl adjacent to an activating group) is 1. The van der Waals surface area contributed by atoms with E-state index in [-0.39, 0.29) is 11.6 Å². The summed E-state index contributed by atoms with van der Waals surface area (Å²) in [5, 5.41) is 6.99. The molecule has 1 atom stereocenters. The first-order chi connectivity index (χ1) is 12.5. The highest BCUT2D eigenvalue weighted by molar-refractivity contribution is 5.94. The summed E-state index contributed by atoms with van der Waals surface area (Å²) in [6, 6.07) is 15.5. The zero-order valence-electron chi connectivity index (χ0n) is 14.8. The quantitative estimate of drug-likeness (QED) is 0.739. The Kier molecular flexibility index (Phi) is 5.43. The minimum atomic E-state index is -0.445. The highest BCUT2D eigenvalue weighted by Gasteiger charge is 2.19. The molecule has 0 saturated heterocycles. The van der Waals surface area contributed by atoms with Gasteiger partial charge in [-0.2, -0.15) is 5.10 Å². The summed E-state index contributed by atoms with van der Waals surface area (Å²) in [6.07, 6.45) is 3.72. The lowest BCUT2D eigenvalue weighted by molar-refractivity contribution is -0.120. The summed E-state index contributed by atoms with van der Waals surface area (Å²) in [6.45, 7) is 2.34. The van der Waals surface area contributed by atoms with Crippen molar-refractivity contribution in [2.75, 3.05) is 12.4 Å². The van der Waals surface area contributed by atoms with E-state index in [2.05, 4.69) is 10.4 Å². The van der Waals surface area contributed by atoms with Crippen LogP contribution in [0, 0.1) is 5.82 Å². The zero-order valence-corrected chi connectivity index (χ0v) is 14.8. The van der Waals surface area contributed by atoms with Crippen LogP contribution in [0.2, 0.25) is 0 Å². The van der Waals surface area contributed by atoms with Crippen LogP contribution in [0.5, 0.6) is 0 Å². The van der Waals surface area contributed by atoms with E-state index < -0.39 is 11.9 Å². The minimum absolute atomic E-state index is 0.189. The van der Waals surface area contributed by atoms with Crippen LogP contribution < -0.4 is 5.32 Å². The highest BCUT2D eigenvalue weighted by Crippen LogP contribution is 2.15. The molecule has 0 bridgehead atoms. The van der Waals surface area contributed by atoms with Gasteiger partial charge in [-0.05, 0) is 38.2 Å². The van der Waals surface area contributed by atoms with E-state index in [1.54, 1.807) is 36.0 Å². The Labute approximate surface area is 152 Å². The molecule has 2 aromatic carbocycles. The molecule has 1 amide bonds. The lowest BCUT2D eigenvalue weighted by Gasteiger charge is -2.23. The average molecular weight is 352 g/mol. The van der Waals surface area contributed by atoms with Crippen LogP contribution in [0.3, 0.4) is 0 Å². The molecule has 5 nitrogen and oxygen atoms in total. The number of carbonyl (C=O) groups is 1.